The normalized spacial score (nSPS) is 12.2. The molecule has 1 aromatic rings. The standard InChI is InChI=1S/C8H16N6/c1-3-5(2)11-6-4-7(14-10)13-8(9)12-6/h4-5H,3,10H2,1-2H3,(H4,9,11,12,13,14). The lowest BCUT2D eigenvalue weighted by molar-refractivity contribution is 0.759. The molecule has 1 heterocycles. The molecule has 1 atom stereocenters. The Kier molecular flexibility index (Phi) is 3.47. The van der Waals surface area contributed by atoms with E-state index in [-0.39, 0.29) is 5.95 Å². The third kappa shape index (κ3) is 2.74. The quantitative estimate of drug-likeness (QED) is 0.414. The molecule has 6 nitrogen and oxygen atoms in total. The van der Waals surface area contributed by atoms with Gasteiger partial charge < -0.3 is 16.5 Å². The van der Waals surface area contributed by atoms with Gasteiger partial charge in [-0.3, -0.25) is 0 Å². The molecule has 0 radical (unpaired) electrons. The van der Waals surface area contributed by atoms with Crippen LogP contribution in [0.25, 0.3) is 0 Å². The van der Waals surface area contributed by atoms with Crippen LogP contribution in [0.15, 0.2) is 6.07 Å². The van der Waals surface area contributed by atoms with Crippen LogP contribution < -0.4 is 22.3 Å². The summed E-state index contributed by atoms with van der Waals surface area (Å²) >= 11 is 0. The van der Waals surface area contributed by atoms with Crippen LogP contribution in [-0.2, 0) is 0 Å². The topological polar surface area (TPSA) is 102 Å². The fourth-order valence-electron chi connectivity index (χ4n) is 0.968. The van der Waals surface area contributed by atoms with Crippen LogP contribution in [0.5, 0.6) is 0 Å². The van der Waals surface area contributed by atoms with E-state index >= 15 is 0 Å². The maximum Gasteiger partial charge on any atom is 0.223 e. The minimum atomic E-state index is 0.200. The highest BCUT2D eigenvalue weighted by molar-refractivity contribution is 5.50. The number of aromatic nitrogens is 2. The van der Waals surface area contributed by atoms with E-state index in [2.05, 4.69) is 34.6 Å². The molecule has 0 spiro atoms. The van der Waals surface area contributed by atoms with Gasteiger partial charge in [-0.25, -0.2) is 5.84 Å². The molecule has 0 fully saturated rings. The van der Waals surface area contributed by atoms with Crippen molar-refractivity contribution in [3.05, 3.63) is 6.07 Å². The molecular formula is C8H16N6. The van der Waals surface area contributed by atoms with Gasteiger partial charge in [-0.1, -0.05) is 6.92 Å². The third-order valence-corrected chi connectivity index (χ3v) is 1.90. The Morgan fingerprint density at radius 1 is 1.43 bits per heavy atom. The molecule has 0 aromatic carbocycles. The summed E-state index contributed by atoms with van der Waals surface area (Å²) in [6, 6.07) is 2.05. The summed E-state index contributed by atoms with van der Waals surface area (Å²) < 4.78 is 0. The summed E-state index contributed by atoms with van der Waals surface area (Å²) in [5.41, 5.74) is 7.92. The van der Waals surface area contributed by atoms with E-state index in [9.17, 15) is 0 Å². The second-order valence-corrected chi connectivity index (χ2v) is 3.09. The fraction of sp³-hybridized carbons (Fsp3) is 0.500. The number of hydrogen-bond acceptors (Lipinski definition) is 6. The van der Waals surface area contributed by atoms with Crippen molar-refractivity contribution in [2.75, 3.05) is 16.5 Å². The monoisotopic (exact) mass is 196 g/mol. The highest BCUT2D eigenvalue weighted by Crippen LogP contribution is 2.12. The maximum absolute atomic E-state index is 5.49. The van der Waals surface area contributed by atoms with Gasteiger partial charge >= 0.3 is 0 Å². The van der Waals surface area contributed by atoms with Crippen LogP contribution in [0.2, 0.25) is 0 Å². The zero-order chi connectivity index (χ0) is 10.6. The molecule has 1 rings (SSSR count). The molecule has 0 bridgehead atoms. The van der Waals surface area contributed by atoms with Crippen LogP contribution in [0, 0.1) is 0 Å². The van der Waals surface area contributed by atoms with Crippen LogP contribution in [0.3, 0.4) is 0 Å². The largest absolute Gasteiger partial charge is 0.368 e. The molecule has 14 heavy (non-hydrogen) atoms. The van der Waals surface area contributed by atoms with E-state index in [4.69, 9.17) is 11.6 Å². The zero-order valence-electron chi connectivity index (χ0n) is 8.41. The smallest absolute Gasteiger partial charge is 0.223 e. The summed E-state index contributed by atoms with van der Waals surface area (Å²) in [5.74, 6) is 6.61. The summed E-state index contributed by atoms with van der Waals surface area (Å²) in [7, 11) is 0. The third-order valence-electron chi connectivity index (χ3n) is 1.90. The van der Waals surface area contributed by atoms with Crippen molar-refractivity contribution < 1.29 is 0 Å². The van der Waals surface area contributed by atoms with E-state index in [1.165, 1.54) is 0 Å². The Balaban J connectivity index is 2.81. The van der Waals surface area contributed by atoms with Crippen molar-refractivity contribution in [1.82, 2.24) is 9.97 Å². The van der Waals surface area contributed by atoms with Gasteiger partial charge in [0.25, 0.3) is 0 Å². The number of nitrogens with one attached hydrogen (secondary N) is 2. The first-order valence-electron chi connectivity index (χ1n) is 4.53. The summed E-state index contributed by atoms with van der Waals surface area (Å²) in [4.78, 5) is 7.91. The van der Waals surface area contributed by atoms with Crippen molar-refractivity contribution in [3.63, 3.8) is 0 Å². The lowest BCUT2D eigenvalue weighted by atomic mass is 10.2. The molecule has 0 saturated carbocycles. The Labute approximate surface area is 83.1 Å². The Morgan fingerprint density at radius 2 is 2.07 bits per heavy atom. The molecule has 0 aliphatic carbocycles. The highest BCUT2D eigenvalue weighted by atomic mass is 15.3. The maximum atomic E-state index is 5.49. The Morgan fingerprint density at radius 3 is 2.64 bits per heavy atom. The van der Waals surface area contributed by atoms with Crippen molar-refractivity contribution in [2.24, 2.45) is 5.84 Å². The van der Waals surface area contributed by atoms with E-state index < -0.39 is 0 Å². The first-order valence-corrected chi connectivity index (χ1v) is 4.53. The minimum Gasteiger partial charge on any atom is -0.368 e. The van der Waals surface area contributed by atoms with E-state index in [1.54, 1.807) is 6.07 Å². The number of rotatable bonds is 4. The number of hydrazine groups is 1. The van der Waals surface area contributed by atoms with E-state index in [0.717, 1.165) is 6.42 Å². The zero-order valence-corrected chi connectivity index (χ0v) is 8.41. The first-order chi connectivity index (χ1) is 6.65. The van der Waals surface area contributed by atoms with Gasteiger partial charge in [0.15, 0.2) is 0 Å². The number of nitrogens with two attached hydrogens (primary N) is 2. The highest BCUT2D eigenvalue weighted by Gasteiger charge is 2.03. The van der Waals surface area contributed by atoms with Crippen LogP contribution >= 0.6 is 0 Å². The Bertz CT molecular complexity index is 300. The van der Waals surface area contributed by atoms with Gasteiger partial charge in [0.1, 0.15) is 11.6 Å². The van der Waals surface area contributed by atoms with E-state index in [1.807, 2.05) is 0 Å². The van der Waals surface area contributed by atoms with Gasteiger partial charge in [-0.15, -0.1) is 0 Å². The fourth-order valence-corrected chi connectivity index (χ4v) is 0.968. The predicted octanol–water partition coefficient (Wildman–Crippen LogP) is 0.555. The molecule has 6 N–H and O–H groups in total. The Hall–Kier alpha value is -1.56. The van der Waals surface area contributed by atoms with Crippen molar-refractivity contribution in [2.45, 2.75) is 26.3 Å². The van der Waals surface area contributed by atoms with Gasteiger partial charge in [0.2, 0.25) is 5.95 Å². The second-order valence-electron chi connectivity index (χ2n) is 3.09. The SMILES string of the molecule is CCC(C)Nc1cc(NN)nc(N)n1. The molecule has 1 aromatic heterocycles. The average molecular weight is 196 g/mol. The average Bonchev–Trinajstić information content (AvgIpc) is 2.16. The molecule has 1 unspecified atom stereocenters. The van der Waals surface area contributed by atoms with Crippen molar-refractivity contribution in [3.8, 4) is 0 Å². The molecular weight excluding hydrogens is 180 g/mol. The van der Waals surface area contributed by atoms with Gasteiger partial charge in [0, 0.05) is 12.1 Å². The van der Waals surface area contributed by atoms with Gasteiger partial charge in [-0.2, -0.15) is 9.97 Å². The van der Waals surface area contributed by atoms with Crippen LogP contribution in [0.4, 0.5) is 17.6 Å². The van der Waals surface area contributed by atoms with Crippen LogP contribution in [0.1, 0.15) is 20.3 Å². The molecule has 78 valence electrons. The van der Waals surface area contributed by atoms with Crippen molar-refractivity contribution >= 4 is 17.6 Å². The van der Waals surface area contributed by atoms with Crippen molar-refractivity contribution in [1.29, 1.82) is 0 Å². The second kappa shape index (κ2) is 4.61. The lowest BCUT2D eigenvalue weighted by Crippen LogP contribution is -2.17. The van der Waals surface area contributed by atoms with Gasteiger partial charge in [-0.05, 0) is 13.3 Å². The molecule has 6 heteroatoms. The summed E-state index contributed by atoms with van der Waals surface area (Å²) in [5, 5.41) is 3.18. The summed E-state index contributed by atoms with van der Waals surface area (Å²) in [6.07, 6.45) is 1.01. The van der Waals surface area contributed by atoms with Crippen LogP contribution in [-0.4, -0.2) is 16.0 Å². The minimum absolute atomic E-state index is 0.200. The number of hydrogen-bond donors (Lipinski definition) is 4. The predicted molar refractivity (Wildman–Crippen MR) is 57.6 cm³/mol. The molecule has 0 aliphatic heterocycles. The number of nitrogens with zero attached hydrogens (tertiary/aromatic N) is 2. The first kappa shape index (κ1) is 10.5. The molecule has 0 saturated heterocycles. The molecule has 0 amide bonds. The number of anilines is 3. The van der Waals surface area contributed by atoms with E-state index in [0.29, 0.717) is 17.7 Å². The molecule has 0 aliphatic rings. The number of nitrogen functional groups attached to an aromatic ring is 2. The lowest BCUT2D eigenvalue weighted by Gasteiger charge is -2.12. The summed E-state index contributed by atoms with van der Waals surface area (Å²) in [6.45, 7) is 4.15. The van der Waals surface area contributed by atoms with Gasteiger partial charge in [0.05, 0.1) is 0 Å².